The van der Waals surface area contributed by atoms with E-state index < -0.39 is 16.2 Å². The number of carboxylic acid groups (broad SMARTS) is 1. The zero-order valence-electron chi connectivity index (χ0n) is 15.9. The third-order valence-corrected chi connectivity index (χ3v) is 6.84. The molecule has 2 aromatic rings. The van der Waals surface area contributed by atoms with Crippen molar-refractivity contribution in [3.05, 3.63) is 47.9 Å². The second-order valence-corrected chi connectivity index (χ2v) is 9.24. The number of hydrogen-bond acceptors (Lipinski definition) is 5. The van der Waals surface area contributed by atoms with Crippen LogP contribution < -0.4 is 0 Å². The third kappa shape index (κ3) is 4.37. The minimum Gasteiger partial charge on any atom is -0.478 e. The molecule has 1 saturated heterocycles. The predicted molar refractivity (Wildman–Crippen MR) is 105 cm³/mol. The van der Waals surface area contributed by atoms with Crippen molar-refractivity contribution in [3.8, 4) is 11.3 Å². The van der Waals surface area contributed by atoms with Gasteiger partial charge in [-0.3, -0.25) is 9.97 Å². The van der Waals surface area contributed by atoms with E-state index >= 15 is 0 Å². The molecular weight excluding hydrogens is 380 g/mol. The van der Waals surface area contributed by atoms with Crippen LogP contribution in [0.3, 0.4) is 0 Å². The number of carbonyl (C=O) groups is 1. The van der Waals surface area contributed by atoms with E-state index in [2.05, 4.69) is 9.97 Å². The summed E-state index contributed by atoms with van der Waals surface area (Å²) in [5.41, 5.74) is 2.50. The van der Waals surface area contributed by atoms with Gasteiger partial charge >= 0.3 is 5.97 Å². The summed E-state index contributed by atoms with van der Waals surface area (Å²) in [5, 5.41) is 9.06. The Morgan fingerprint density at radius 2 is 1.89 bits per heavy atom. The number of carboxylic acids is 1. The highest BCUT2D eigenvalue weighted by atomic mass is 32.2. The van der Waals surface area contributed by atoms with Crippen LogP contribution in [0.2, 0.25) is 0 Å². The summed E-state index contributed by atoms with van der Waals surface area (Å²) in [6.07, 6.45) is 5.58. The molecular formula is C19H24N4O4S. The summed E-state index contributed by atoms with van der Waals surface area (Å²) in [4.78, 5) is 20.0. The third-order valence-electron chi connectivity index (χ3n) is 4.93. The molecule has 1 aliphatic heterocycles. The molecule has 0 saturated carbocycles. The highest BCUT2D eigenvalue weighted by molar-refractivity contribution is 7.86. The van der Waals surface area contributed by atoms with Gasteiger partial charge < -0.3 is 5.11 Å². The molecule has 0 spiro atoms. The van der Waals surface area contributed by atoms with Crippen molar-refractivity contribution < 1.29 is 18.3 Å². The molecule has 1 fully saturated rings. The van der Waals surface area contributed by atoms with Gasteiger partial charge in [0.2, 0.25) is 0 Å². The van der Waals surface area contributed by atoms with Crippen molar-refractivity contribution in [1.29, 1.82) is 0 Å². The molecule has 150 valence electrons. The second kappa shape index (κ2) is 8.34. The van der Waals surface area contributed by atoms with E-state index in [9.17, 15) is 13.2 Å². The number of aromatic nitrogens is 2. The maximum Gasteiger partial charge on any atom is 0.335 e. The molecule has 28 heavy (non-hydrogen) atoms. The Morgan fingerprint density at radius 3 is 2.54 bits per heavy atom. The molecule has 8 nitrogen and oxygen atoms in total. The van der Waals surface area contributed by atoms with Crippen molar-refractivity contribution in [2.24, 2.45) is 5.92 Å². The van der Waals surface area contributed by atoms with Crippen LogP contribution in [0.15, 0.2) is 36.7 Å². The van der Waals surface area contributed by atoms with Crippen molar-refractivity contribution in [3.63, 3.8) is 0 Å². The summed E-state index contributed by atoms with van der Waals surface area (Å²) < 4.78 is 27.6. The van der Waals surface area contributed by atoms with Gasteiger partial charge in [-0.1, -0.05) is 12.1 Å². The van der Waals surface area contributed by atoms with Gasteiger partial charge in [0.05, 0.1) is 17.0 Å². The van der Waals surface area contributed by atoms with E-state index in [1.165, 1.54) is 8.61 Å². The number of rotatable bonds is 6. The lowest BCUT2D eigenvalue weighted by atomic mass is 9.92. The molecule has 1 aliphatic rings. The summed E-state index contributed by atoms with van der Waals surface area (Å²) in [5.74, 6) is -0.826. The molecule has 9 heteroatoms. The summed E-state index contributed by atoms with van der Waals surface area (Å²) in [6.45, 7) is 0.982. The van der Waals surface area contributed by atoms with E-state index in [4.69, 9.17) is 5.11 Å². The van der Waals surface area contributed by atoms with Gasteiger partial charge in [-0.2, -0.15) is 17.0 Å². The number of nitrogens with zero attached hydrogens (tertiary/aromatic N) is 4. The standard InChI is InChI=1S/C19H24N4O4S/c1-22(2)28(26,27)23-11-3-4-14(13-23)12-17-18(21-10-9-20-17)15-5-7-16(8-6-15)19(24)25/h5-10,14H,3-4,11-13H2,1-2H3,(H,24,25)/t14-/m0/s1. The molecule has 1 aromatic carbocycles. The highest BCUT2D eigenvalue weighted by Crippen LogP contribution is 2.27. The molecule has 3 rings (SSSR count). The number of piperidine rings is 1. The smallest absolute Gasteiger partial charge is 0.335 e. The maximum atomic E-state index is 12.4. The lowest BCUT2D eigenvalue weighted by Crippen LogP contribution is -2.45. The molecule has 0 bridgehead atoms. The van der Waals surface area contributed by atoms with Crippen LogP contribution in [0.1, 0.15) is 28.9 Å². The molecule has 1 N–H and O–H groups in total. The Morgan fingerprint density at radius 1 is 1.21 bits per heavy atom. The topological polar surface area (TPSA) is 104 Å². The van der Waals surface area contributed by atoms with Gasteiger partial charge in [0.15, 0.2) is 0 Å². The van der Waals surface area contributed by atoms with Gasteiger partial charge in [-0.15, -0.1) is 0 Å². The normalized spacial score (nSPS) is 18.3. The number of aromatic carboxylic acids is 1. The number of benzene rings is 1. The zero-order valence-corrected chi connectivity index (χ0v) is 16.8. The molecule has 1 aromatic heterocycles. The van der Waals surface area contributed by atoms with Gasteiger partial charge in [-0.05, 0) is 37.3 Å². The van der Waals surface area contributed by atoms with E-state index in [1.807, 2.05) is 0 Å². The van der Waals surface area contributed by atoms with Crippen LogP contribution in [0.25, 0.3) is 11.3 Å². The summed E-state index contributed by atoms with van der Waals surface area (Å²) >= 11 is 0. The average molecular weight is 404 g/mol. The summed E-state index contributed by atoms with van der Waals surface area (Å²) in [6, 6.07) is 6.53. The molecule has 0 unspecified atom stereocenters. The van der Waals surface area contributed by atoms with Crippen LogP contribution in [0, 0.1) is 5.92 Å². The van der Waals surface area contributed by atoms with Gasteiger partial charge in [0.1, 0.15) is 0 Å². The minimum absolute atomic E-state index is 0.150. The lowest BCUT2D eigenvalue weighted by Gasteiger charge is -2.33. The zero-order chi connectivity index (χ0) is 20.3. The predicted octanol–water partition coefficient (Wildman–Crippen LogP) is 1.90. The second-order valence-electron chi connectivity index (χ2n) is 7.09. The Hall–Kier alpha value is -2.36. The van der Waals surface area contributed by atoms with Crippen LogP contribution >= 0.6 is 0 Å². The summed E-state index contributed by atoms with van der Waals surface area (Å²) in [7, 11) is -0.341. The van der Waals surface area contributed by atoms with E-state index in [0.717, 1.165) is 24.1 Å². The SMILES string of the molecule is CN(C)S(=O)(=O)N1CCC[C@@H](Cc2nccnc2-c2ccc(C(=O)O)cc2)C1. The number of hydrogen-bond donors (Lipinski definition) is 1. The Balaban J connectivity index is 1.81. The van der Waals surface area contributed by atoms with Gasteiger partial charge in [0.25, 0.3) is 10.2 Å². The fraction of sp³-hybridized carbons (Fsp3) is 0.421. The average Bonchev–Trinajstić information content (AvgIpc) is 2.68. The van der Waals surface area contributed by atoms with Crippen LogP contribution in [-0.4, -0.2) is 65.3 Å². The van der Waals surface area contributed by atoms with Crippen LogP contribution in [0.5, 0.6) is 0 Å². The quantitative estimate of drug-likeness (QED) is 0.789. The fourth-order valence-electron chi connectivity index (χ4n) is 3.44. The molecule has 0 amide bonds. The monoisotopic (exact) mass is 404 g/mol. The Bertz CT molecular complexity index is 945. The first-order chi connectivity index (χ1) is 13.3. The fourth-order valence-corrected chi connectivity index (χ4v) is 4.66. The van der Waals surface area contributed by atoms with Crippen molar-refractivity contribution >= 4 is 16.2 Å². The highest BCUT2D eigenvalue weighted by Gasteiger charge is 2.31. The molecule has 0 aliphatic carbocycles. The largest absolute Gasteiger partial charge is 0.478 e. The Kier molecular flexibility index (Phi) is 6.07. The van der Waals surface area contributed by atoms with E-state index in [1.54, 1.807) is 50.8 Å². The van der Waals surface area contributed by atoms with Crippen molar-refractivity contribution in [2.45, 2.75) is 19.3 Å². The lowest BCUT2D eigenvalue weighted by molar-refractivity contribution is 0.0697. The van der Waals surface area contributed by atoms with Crippen molar-refractivity contribution in [2.75, 3.05) is 27.2 Å². The van der Waals surface area contributed by atoms with E-state index in [-0.39, 0.29) is 11.5 Å². The Labute approximate surface area is 165 Å². The first-order valence-electron chi connectivity index (χ1n) is 9.10. The van der Waals surface area contributed by atoms with Gasteiger partial charge in [-0.25, -0.2) is 4.79 Å². The first-order valence-corrected chi connectivity index (χ1v) is 10.5. The molecule has 1 atom stereocenters. The van der Waals surface area contributed by atoms with Crippen LogP contribution in [0.4, 0.5) is 0 Å². The maximum absolute atomic E-state index is 12.4. The first kappa shape index (κ1) is 20.4. The minimum atomic E-state index is -3.43. The van der Waals surface area contributed by atoms with Crippen molar-refractivity contribution in [1.82, 2.24) is 18.6 Å². The van der Waals surface area contributed by atoms with E-state index in [0.29, 0.717) is 25.2 Å². The molecule has 2 heterocycles. The molecule has 0 radical (unpaired) electrons. The van der Waals surface area contributed by atoms with Gasteiger partial charge in [0, 0.05) is 45.1 Å². The van der Waals surface area contributed by atoms with Crippen LogP contribution in [-0.2, 0) is 16.6 Å².